The molecule has 4 nitrogen and oxygen atoms in total. The van der Waals surface area contributed by atoms with Crippen LogP contribution in [0.4, 0.5) is 4.79 Å². The molecule has 0 aliphatic rings. The fourth-order valence-corrected chi connectivity index (χ4v) is 3.26. The molecule has 2 N–H and O–H groups in total. The van der Waals surface area contributed by atoms with Gasteiger partial charge < -0.3 is 15.3 Å². The van der Waals surface area contributed by atoms with Crippen LogP contribution in [0.25, 0.3) is 10.1 Å². The molecule has 0 bridgehead atoms. The number of benzene rings is 1. The Bertz CT molecular complexity index is 627. The number of rotatable bonds is 4. The van der Waals surface area contributed by atoms with Crippen LogP contribution in [-0.4, -0.2) is 36.2 Å². The van der Waals surface area contributed by atoms with Gasteiger partial charge in [0.1, 0.15) is 0 Å². The van der Waals surface area contributed by atoms with Crippen molar-refractivity contribution in [3.05, 3.63) is 33.7 Å². The van der Waals surface area contributed by atoms with Gasteiger partial charge in [-0.25, -0.2) is 4.79 Å². The molecule has 0 saturated heterocycles. The summed E-state index contributed by atoms with van der Waals surface area (Å²) in [6.07, 6.45) is 0. The van der Waals surface area contributed by atoms with Crippen LogP contribution in [0.3, 0.4) is 0 Å². The number of aliphatic hydroxyl groups is 1. The van der Waals surface area contributed by atoms with Crippen molar-refractivity contribution >= 4 is 39.1 Å². The highest BCUT2D eigenvalue weighted by Crippen LogP contribution is 2.32. The lowest BCUT2D eigenvalue weighted by Gasteiger charge is -2.16. The van der Waals surface area contributed by atoms with E-state index in [-0.39, 0.29) is 12.6 Å². The highest BCUT2D eigenvalue weighted by Gasteiger charge is 2.11. The van der Waals surface area contributed by atoms with Gasteiger partial charge in [-0.15, -0.1) is 11.3 Å². The van der Waals surface area contributed by atoms with Crippen molar-refractivity contribution in [2.75, 3.05) is 20.2 Å². The highest BCUT2D eigenvalue weighted by atomic mass is 35.5. The van der Waals surface area contributed by atoms with Crippen LogP contribution < -0.4 is 5.32 Å². The number of nitrogens with zero attached hydrogens (tertiary/aromatic N) is 1. The Hall–Kier alpha value is -1.30. The van der Waals surface area contributed by atoms with Gasteiger partial charge in [-0.1, -0.05) is 11.6 Å². The van der Waals surface area contributed by atoms with Crippen molar-refractivity contribution < 1.29 is 9.90 Å². The largest absolute Gasteiger partial charge is 0.395 e. The maximum atomic E-state index is 11.8. The average Bonchev–Trinajstić information content (AvgIpc) is 2.73. The number of aryl methyl sites for hydroxylation is 1. The van der Waals surface area contributed by atoms with Gasteiger partial charge >= 0.3 is 6.03 Å². The molecule has 0 atom stereocenters. The number of carbonyl (C=O) groups excluding carboxylic acids is 1. The first-order valence-corrected chi connectivity index (χ1v) is 7.49. The fraction of sp³-hybridized carbons (Fsp3) is 0.357. The monoisotopic (exact) mass is 312 g/mol. The van der Waals surface area contributed by atoms with Crippen molar-refractivity contribution in [3.8, 4) is 0 Å². The standard InChI is InChI=1S/C14H17ClN2O2S/c1-9-11-7-10(15)3-4-12(11)20-13(9)8-16-14(19)17(2)5-6-18/h3-4,7,18H,5-6,8H2,1-2H3,(H,16,19). The molecular formula is C14H17ClN2O2S. The van der Waals surface area contributed by atoms with Gasteiger partial charge in [0.2, 0.25) is 0 Å². The summed E-state index contributed by atoms with van der Waals surface area (Å²) in [6.45, 7) is 2.81. The molecule has 1 heterocycles. The molecule has 108 valence electrons. The summed E-state index contributed by atoms with van der Waals surface area (Å²) in [4.78, 5) is 14.4. The summed E-state index contributed by atoms with van der Waals surface area (Å²) in [5.74, 6) is 0. The van der Waals surface area contributed by atoms with E-state index in [0.29, 0.717) is 13.1 Å². The number of halogens is 1. The number of aliphatic hydroxyl groups excluding tert-OH is 1. The molecule has 0 spiro atoms. The third-order valence-electron chi connectivity index (χ3n) is 3.18. The SMILES string of the molecule is Cc1c(CNC(=O)N(C)CCO)sc2ccc(Cl)cc12. The zero-order chi connectivity index (χ0) is 14.7. The summed E-state index contributed by atoms with van der Waals surface area (Å²) < 4.78 is 1.17. The number of nitrogens with one attached hydrogen (secondary N) is 1. The molecule has 2 aromatic rings. The molecule has 0 fully saturated rings. The quantitative estimate of drug-likeness (QED) is 0.912. The number of thiophene rings is 1. The zero-order valence-corrected chi connectivity index (χ0v) is 13.0. The number of hydrogen-bond acceptors (Lipinski definition) is 3. The molecule has 20 heavy (non-hydrogen) atoms. The summed E-state index contributed by atoms with van der Waals surface area (Å²) in [5, 5.41) is 13.5. The molecule has 1 aromatic heterocycles. The first kappa shape index (κ1) is 15.1. The van der Waals surface area contributed by atoms with Crippen LogP contribution in [0.15, 0.2) is 18.2 Å². The zero-order valence-electron chi connectivity index (χ0n) is 11.4. The first-order valence-electron chi connectivity index (χ1n) is 6.30. The van der Waals surface area contributed by atoms with Gasteiger partial charge in [0.05, 0.1) is 13.2 Å². The molecule has 0 radical (unpaired) electrons. The number of urea groups is 1. The Balaban J connectivity index is 2.10. The Kier molecular flexibility index (Phi) is 4.86. The summed E-state index contributed by atoms with van der Waals surface area (Å²) in [7, 11) is 1.66. The minimum absolute atomic E-state index is 0.0374. The van der Waals surface area contributed by atoms with E-state index in [1.54, 1.807) is 18.4 Å². The predicted octanol–water partition coefficient (Wildman–Crippen LogP) is 3.00. The van der Waals surface area contributed by atoms with E-state index in [0.717, 1.165) is 20.8 Å². The molecule has 1 aromatic carbocycles. The van der Waals surface area contributed by atoms with Crippen molar-refractivity contribution in [2.45, 2.75) is 13.5 Å². The lowest BCUT2D eigenvalue weighted by Crippen LogP contribution is -2.38. The lowest BCUT2D eigenvalue weighted by atomic mass is 10.1. The number of hydrogen-bond donors (Lipinski definition) is 2. The second-order valence-corrected chi connectivity index (χ2v) is 6.17. The molecular weight excluding hydrogens is 296 g/mol. The Morgan fingerprint density at radius 2 is 2.25 bits per heavy atom. The van der Waals surface area contributed by atoms with E-state index in [2.05, 4.69) is 5.32 Å². The molecule has 2 rings (SSSR count). The summed E-state index contributed by atoms with van der Waals surface area (Å²) in [6, 6.07) is 5.63. The second-order valence-electron chi connectivity index (χ2n) is 4.59. The average molecular weight is 313 g/mol. The molecule has 6 heteroatoms. The predicted molar refractivity (Wildman–Crippen MR) is 83.5 cm³/mol. The summed E-state index contributed by atoms with van der Waals surface area (Å²) in [5.41, 5.74) is 1.15. The Labute approximate surface area is 127 Å². The van der Waals surface area contributed by atoms with Crippen LogP contribution in [0.1, 0.15) is 10.4 Å². The molecule has 0 aliphatic carbocycles. The third-order valence-corrected chi connectivity index (χ3v) is 4.69. The first-order chi connectivity index (χ1) is 9.52. The van der Waals surface area contributed by atoms with Gasteiger partial charge in [0, 0.05) is 28.2 Å². The smallest absolute Gasteiger partial charge is 0.317 e. The highest BCUT2D eigenvalue weighted by molar-refractivity contribution is 7.19. The lowest BCUT2D eigenvalue weighted by molar-refractivity contribution is 0.190. The fourth-order valence-electron chi connectivity index (χ4n) is 1.95. The van der Waals surface area contributed by atoms with Crippen molar-refractivity contribution in [1.29, 1.82) is 0 Å². The number of fused-ring (bicyclic) bond motifs is 1. The van der Waals surface area contributed by atoms with Gasteiger partial charge in [-0.05, 0) is 36.1 Å². The van der Waals surface area contributed by atoms with E-state index in [9.17, 15) is 4.79 Å². The van der Waals surface area contributed by atoms with Gasteiger partial charge in [-0.2, -0.15) is 0 Å². The van der Waals surface area contributed by atoms with Gasteiger partial charge in [-0.3, -0.25) is 0 Å². The molecule has 0 unspecified atom stereocenters. The van der Waals surface area contributed by atoms with Gasteiger partial charge in [0.15, 0.2) is 0 Å². The van der Waals surface area contributed by atoms with Gasteiger partial charge in [0.25, 0.3) is 0 Å². The van der Waals surface area contributed by atoms with Crippen molar-refractivity contribution in [3.63, 3.8) is 0 Å². The number of amides is 2. The van der Waals surface area contributed by atoms with E-state index < -0.39 is 0 Å². The second kappa shape index (κ2) is 6.43. The van der Waals surface area contributed by atoms with Crippen LogP contribution in [0.5, 0.6) is 0 Å². The van der Waals surface area contributed by atoms with E-state index in [1.807, 2.05) is 25.1 Å². The van der Waals surface area contributed by atoms with E-state index in [1.165, 1.54) is 9.60 Å². The van der Waals surface area contributed by atoms with Crippen molar-refractivity contribution in [1.82, 2.24) is 10.2 Å². The van der Waals surface area contributed by atoms with Crippen molar-refractivity contribution in [2.24, 2.45) is 0 Å². The van der Waals surface area contributed by atoms with Crippen LogP contribution in [0, 0.1) is 6.92 Å². The number of likely N-dealkylation sites (N-methyl/N-ethyl adjacent to an activating group) is 1. The van der Waals surface area contributed by atoms with Crippen LogP contribution >= 0.6 is 22.9 Å². The van der Waals surface area contributed by atoms with Crippen LogP contribution in [-0.2, 0) is 6.54 Å². The number of carbonyl (C=O) groups is 1. The van der Waals surface area contributed by atoms with E-state index in [4.69, 9.17) is 16.7 Å². The van der Waals surface area contributed by atoms with E-state index >= 15 is 0 Å². The van der Waals surface area contributed by atoms with Crippen LogP contribution in [0.2, 0.25) is 5.02 Å². The maximum absolute atomic E-state index is 11.8. The normalized spacial score (nSPS) is 10.8. The third kappa shape index (κ3) is 3.23. The maximum Gasteiger partial charge on any atom is 0.317 e. The minimum atomic E-state index is -0.186. The topological polar surface area (TPSA) is 52.6 Å². The molecule has 2 amide bonds. The Morgan fingerprint density at radius 1 is 1.50 bits per heavy atom. The summed E-state index contributed by atoms with van der Waals surface area (Å²) >= 11 is 7.67. The minimum Gasteiger partial charge on any atom is -0.395 e. The molecule has 0 saturated carbocycles. The molecule has 0 aliphatic heterocycles. The Morgan fingerprint density at radius 3 is 2.95 bits per heavy atom.